The van der Waals surface area contributed by atoms with Crippen molar-refractivity contribution < 1.29 is 24.1 Å². The van der Waals surface area contributed by atoms with Crippen LogP contribution in [0, 0.1) is 5.92 Å². The first-order valence-electron chi connectivity index (χ1n) is 9.86. The Balaban J connectivity index is 1.46. The number of ether oxygens (including phenoxy) is 3. The smallest absolute Gasteiger partial charge is 0.358 e. The molecule has 0 unspecified atom stereocenters. The van der Waals surface area contributed by atoms with Crippen molar-refractivity contribution in [1.29, 1.82) is 0 Å². The van der Waals surface area contributed by atoms with Crippen LogP contribution in [0.5, 0.6) is 5.75 Å². The van der Waals surface area contributed by atoms with E-state index in [4.69, 9.17) is 14.2 Å². The Morgan fingerprint density at radius 3 is 2.55 bits per heavy atom. The summed E-state index contributed by atoms with van der Waals surface area (Å²) in [5.41, 5.74) is -0.0905. The topological polar surface area (TPSA) is 111 Å². The number of rotatable bonds is 6. The number of H-pyrrole nitrogens is 1. The summed E-state index contributed by atoms with van der Waals surface area (Å²) in [6.45, 7) is 1.36. The van der Waals surface area contributed by atoms with Crippen LogP contribution in [0.1, 0.15) is 47.6 Å². The third-order valence-electron chi connectivity index (χ3n) is 5.52. The van der Waals surface area contributed by atoms with E-state index in [2.05, 4.69) is 9.97 Å². The molecule has 8 nitrogen and oxygen atoms in total. The minimum absolute atomic E-state index is 0.0932. The van der Waals surface area contributed by atoms with Crippen molar-refractivity contribution in [3.8, 4) is 5.75 Å². The zero-order valence-electron chi connectivity index (χ0n) is 16.1. The number of nitrogens with one attached hydrogen (secondary N) is 1. The highest BCUT2D eigenvalue weighted by molar-refractivity contribution is 5.88. The molecule has 0 amide bonds. The minimum atomic E-state index is -1.28. The van der Waals surface area contributed by atoms with Gasteiger partial charge in [0.05, 0.1) is 13.2 Å². The quantitative estimate of drug-likeness (QED) is 0.766. The maximum Gasteiger partial charge on any atom is 0.358 e. The molecule has 1 saturated carbocycles. The Morgan fingerprint density at radius 1 is 1.21 bits per heavy atom. The van der Waals surface area contributed by atoms with Crippen LogP contribution in [0.3, 0.4) is 0 Å². The summed E-state index contributed by atoms with van der Waals surface area (Å²) >= 11 is 0. The SMILES string of the molecule is O=C(O)c1nc(CC2CCC3(CC2)OCCO3)[nH]c(=O)c1OCc1ccccc1. The number of aromatic nitrogens is 2. The molecule has 2 fully saturated rings. The maximum atomic E-state index is 12.5. The van der Waals surface area contributed by atoms with E-state index in [1.807, 2.05) is 30.3 Å². The van der Waals surface area contributed by atoms with Crippen molar-refractivity contribution in [1.82, 2.24) is 9.97 Å². The van der Waals surface area contributed by atoms with Gasteiger partial charge in [0, 0.05) is 19.3 Å². The van der Waals surface area contributed by atoms with E-state index in [1.54, 1.807) is 0 Å². The van der Waals surface area contributed by atoms with Crippen LogP contribution >= 0.6 is 0 Å². The standard InChI is InChI=1S/C21H24N2O6/c24-19-18(27-13-15-4-2-1-3-5-15)17(20(25)26)22-16(23-19)12-14-6-8-21(9-7-14)28-10-11-29-21/h1-5,14H,6-13H2,(H,25,26)(H,22,23,24). The van der Waals surface area contributed by atoms with E-state index < -0.39 is 17.3 Å². The van der Waals surface area contributed by atoms with Gasteiger partial charge in [-0.05, 0) is 24.3 Å². The fourth-order valence-electron chi connectivity index (χ4n) is 3.99. The van der Waals surface area contributed by atoms with Gasteiger partial charge < -0.3 is 24.3 Å². The highest BCUT2D eigenvalue weighted by Gasteiger charge is 2.40. The lowest BCUT2D eigenvalue weighted by Gasteiger charge is -2.35. The highest BCUT2D eigenvalue weighted by Crippen LogP contribution is 2.39. The third-order valence-corrected chi connectivity index (χ3v) is 5.52. The third kappa shape index (κ3) is 4.49. The second kappa shape index (κ2) is 8.34. The zero-order chi connectivity index (χ0) is 20.3. The van der Waals surface area contributed by atoms with Crippen LogP contribution in [0.25, 0.3) is 0 Å². The van der Waals surface area contributed by atoms with Gasteiger partial charge in [-0.25, -0.2) is 9.78 Å². The molecule has 4 rings (SSSR count). The number of aromatic amines is 1. The van der Waals surface area contributed by atoms with E-state index in [9.17, 15) is 14.7 Å². The number of hydrogen-bond acceptors (Lipinski definition) is 6. The number of hydrogen-bond donors (Lipinski definition) is 2. The van der Waals surface area contributed by atoms with Gasteiger partial charge in [-0.15, -0.1) is 0 Å². The Hall–Kier alpha value is -2.71. The summed E-state index contributed by atoms with van der Waals surface area (Å²) in [6, 6.07) is 9.23. The fraction of sp³-hybridized carbons (Fsp3) is 0.476. The van der Waals surface area contributed by atoms with Crippen molar-refractivity contribution >= 4 is 5.97 Å². The van der Waals surface area contributed by atoms with Crippen molar-refractivity contribution in [2.24, 2.45) is 5.92 Å². The average molecular weight is 400 g/mol. The molecule has 1 saturated heterocycles. The van der Waals surface area contributed by atoms with Crippen LogP contribution in [-0.2, 0) is 22.5 Å². The highest BCUT2D eigenvalue weighted by atomic mass is 16.7. The zero-order valence-corrected chi connectivity index (χ0v) is 16.1. The predicted molar refractivity (Wildman–Crippen MR) is 103 cm³/mol. The molecule has 2 heterocycles. The van der Waals surface area contributed by atoms with Crippen molar-refractivity contribution in [2.45, 2.75) is 44.5 Å². The van der Waals surface area contributed by atoms with Crippen LogP contribution in [0.4, 0.5) is 0 Å². The number of benzene rings is 1. The lowest BCUT2D eigenvalue weighted by Crippen LogP contribution is -2.35. The summed E-state index contributed by atoms with van der Waals surface area (Å²) < 4.78 is 17.0. The summed E-state index contributed by atoms with van der Waals surface area (Å²) in [5.74, 6) is -1.34. The van der Waals surface area contributed by atoms with Crippen molar-refractivity contribution in [3.63, 3.8) is 0 Å². The van der Waals surface area contributed by atoms with Gasteiger partial charge in [0.15, 0.2) is 11.5 Å². The first kappa shape index (κ1) is 19.6. The number of nitrogens with zero attached hydrogens (tertiary/aromatic N) is 1. The van der Waals surface area contributed by atoms with Gasteiger partial charge in [-0.1, -0.05) is 30.3 Å². The van der Waals surface area contributed by atoms with Crippen LogP contribution in [0.2, 0.25) is 0 Å². The molecule has 1 aromatic carbocycles. The molecule has 154 valence electrons. The van der Waals surface area contributed by atoms with Gasteiger partial charge in [0.1, 0.15) is 12.4 Å². The molecule has 2 N–H and O–H groups in total. The largest absolute Gasteiger partial charge is 0.481 e. The molecule has 0 radical (unpaired) electrons. The number of aromatic carboxylic acids is 1. The Morgan fingerprint density at radius 2 is 1.90 bits per heavy atom. The number of carboxylic acids is 1. The van der Waals surface area contributed by atoms with Gasteiger partial charge in [0.2, 0.25) is 5.75 Å². The van der Waals surface area contributed by atoms with Gasteiger partial charge in [0.25, 0.3) is 5.56 Å². The molecule has 0 bridgehead atoms. The molecule has 2 aliphatic rings. The van der Waals surface area contributed by atoms with Crippen molar-refractivity contribution in [3.05, 3.63) is 57.8 Å². The molecule has 8 heteroatoms. The molecule has 1 aromatic heterocycles. The lowest BCUT2D eigenvalue weighted by atomic mass is 9.83. The van der Waals surface area contributed by atoms with Crippen LogP contribution < -0.4 is 10.3 Å². The normalized spacial score (nSPS) is 18.8. The van der Waals surface area contributed by atoms with Gasteiger partial charge in [-0.2, -0.15) is 0 Å². The maximum absolute atomic E-state index is 12.5. The van der Waals surface area contributed by atoms with Gasteiger partial charge in [-0.3, -0.25) is 4.79 Å². The fourth-order valence-corrected chi connectivity index (χ4v) is 3.99. The number of carbonyl (C=O) groups is 1. The van der Waals surface area contributed by atoms with Crippen LogP contribution in [-0.4, -0.2) is 40.0 Å². The first-order chi connectivity index (χ1) is 14.0. The number of carboxylic acid groups (broad SMARTS) is 1. The summed E-state index contributed by atoms with van der Waals surface area (Å²) in [5, 5.41) is 9.53. The van der Waals surface area contributed by atoms with E-state index in [0.29, 0.717) is 25.5 Å². The molecular weight excluding hydrogens is 376 g/mol. The van der Waals surface area contributed by atoms with E-state index in [-0.39, 0.29) is 24.0 Å². The lowest BCUT2D eigenvalue weighted by molar-refractivity contribution is -0.182. The Kier molecular flexibility index (Phi) is 5.64. The molecule has 0 atom stereocenters. The molecule has 2 aromatic rings. The predicted octanol–water partition coefficient (Wildman–Crippen LogP) is 2.52. The van der Waals surface area contributed by atoms with Crippen LogP contribution in [0.15, 0.2) is 35.1 Å². The Bertz CT molecular complexity index is 911. The summed E-state index contributed by atoms with van der Waals surface area (Å²) in [6.07, 6.45) is 3.85. The first-order valence-corrected chi connectivity index (χ1v) is 9.86. The average Bonchev–Trinajstić information content (AvgIpc) is 3.17. The molecule has 1 aliphatic carbocycles. The monoisotopic (exact) mass is 400 g/mol. The molecular formula is C21H24N2O6. The summed E-state index contributed by atoms with van der Waals surface area (Å²) in [4.78, 5) is 31.1. The minimum Gasteiger partial charge on any atom is -0.481 e. The second-order valence-corrected chi connectivity index (χ2v) is 7.52. The van der Waals surface area contributed by atoms with E-state index in [0.717, 1.165) is 31.2 Å². The van der Waals surface area contributed by atoms with E-state index >= 15 is 0 Å². The molecule has 1 aliphatic heterocycles. The molecule has 1 spiro atoms. The summed E-state index contributed by atoms with van der Waals surface area (Å²) in [7, 11) is 0. The van der Waals surface area contributed by atoms with E-state index in [1.165, 1.54) is 0 Å². The van der Waals surface area contributed by atoms with Gasteiger partial charge >= 0.3 is 5.97 Å². The molecule has 29 heavy (non-hydrogen) atoms. The second-order valence-electron chi connectivity index (χ2n) is 7.52. The van der Waals surface area contributed by atoms with Crippen molar-refractivity contribution in [2.75, 3.05) is 13.2 Å². The Labute approximate surface area is 167 Å².